The van der Waals surface area contributed by atoms with Gasteiger partial charge in [0, 0.05) is 38.9 Å². The number of rotatable bonds is 10. The Bertz CT molecular complexity index is 615. The Morgan fingerprint density at radius 3 is 2.68 bits per heavy atom. The molecule has 0 bridgehead atoms. The third-order valence-electron chi connectivity index (χ3n) is 4.56. The van der Waals surface area contributed by atoms with Crippen molar-refractivity contribution in [1.29, 1.82) is 0 Å². The zero-order chi connectivity index (χ0) is 20.0. The summed E-state index contributed by atoms with van der Waals surface area (Å²) in [6, 6.07) is 7.35. The van der Waals surface area contributed by atoms with Crippen LogP contribution in [0.5, 0.6) is 5.75 Å². The molecule has 0 aliphatic heterocycles. The zero-order valence-corrected chi connectivity index (χ0v) is 17.1. The number of nitrogens with zero attached hydrogens (tertiary/aromatic N) is 1. The minimum atomic E-state index is -0.0992. The van der Waals surface area contributed by atoms with Crippen molar-refractivity contribution in [2.75, 3.05) is 38.7 Å². The summed E-state index contributed by atoms with van der Waals surface area (Å²) in [7, 11) is 1.76. The van der Waals surface area contributed by atoms with Gasteiger partial charge in [-0.1, -0.05) is 25.3 Å². The molecular weight excluding hydrogens is 356 g/mol. The molecule has 2 rings (SSSR count). The number of amides is 1. The Morgan fingerprint density at radius 1 is 1.14 bits per heavy atom. The lowest BCUT2D eigenvalue weighted by atomic mass is 9.98. The van der Waals surface area contributed by atoms with Gasteiger partial charge >= 0.3 is 0 Å². The van der Waals surface area contributed by atoms with Crippen LogP contribution in [0.2, 0.25) is 0 Å². The van der Waals surface area contributed by atoms with Crippen molar-refractivity contribution in [2.45, 2.75) is 51.6 Å². The predicted molar refractivity (Wildman–Crippen MR) is 113 cm³/mol. The number of ether oxygens (including phenoxy) is 2. The fourth-order valence-electron chi connectivity index (χ4n) is 3.19. The van der Waals surface area contributed by atoms with Crippen LogP contribution in [0.25, 0.3) is 0 Å². The summed E-state index contributed by atoms with van der Waals surface area (Å²) in [6.45, 7) is 4.23. The van der Waals surface area contributed by atoms with E-state index in [1.54, 1.807) is 13.1 Å². The molecule has 0 aromatic heterocycles. The summed E-state index contributed by atoms with van der Waals surface area (Å²) in [5.74, 6) is 1.38. The summed E-state index contributed by atoms with van der Waals surface area (Å²) in [5, 5.41) is 9.27. The van der Waals surface area contributed by atoms with Crippen molar-refractivity contribution in [3.05, 3.63) is 24.3 Å². The average molecular weight is 391 g/mol. The van der Waals surface area contributed by atoms with Crippen LogP contribution in [0.3, 0.4) is 0 Å². The van der Waals surface area contributed by atoms with Gasteiger partial charge in [0.05, 0.1) is 12.6 Å². The highest BCUT2D eigenvalue weighted by Gasteiger charge is 2.12. The van der Waals surface area contributed by atoms with Crippen LogP contribution >= 0.6 is 0 Å². The first-order valence-corrected chi connectivity index (χ1v) is 10.2. The van der Waals surface area contributed by atoms with Crippen LogP contribution in [-0.4, -0.2) is 51.3 Å². The molecule has 0 unspecified atom stereocenters. The lowest BCUT2D eigenvalue weighted by molar-refractivity contribution is -0.114. The number of aliphatic imine (C=N–C) groups is 1. The predicted octanol–water partition coefficient (Wildman–Crippen LogP) is 2.93. The van der Waals surface area contributed by atoms with E-state index in [0.717, 1.165) is 37.0 Å². The van der Waals surface area contributed by atoms with E-state index in [2.05, 4.69) is 20.9 Å². The van der Waals surface area contributed by atoms with E-state index < -0.39 is 0 Å². The van der Waals surface area contributed by atoms with Crippen molar-refractivity contribution >= 4 is 17.6 Å². The second-order valence-electron chi connectivity index (χ2n) is 6.97. The molecule has 0 spiro atoms. The first-order chi connectivity index (χ1) is 13.7. The number of guanidine groups is 1. The molecule has 1 aliphatic rings. The normalized spacial score (nSPS) is 15.1. The van der Waals surface area contributed by atoms with E-state index >= 15 is 0 Å². The number of nitrogens with one attached hydrogen (secondary N) is 3. The molecule has 1 saturated carbocycles. The molecule has 28 heavy (non-hydrogen) atoms. The lowest BCUT2D eigenvalue weighted by Crippen LogP contribution is -2.40. The second-order valence-corrected chi connectivity index (χ2v) is 6.97. The fraction of sp³-hybridized carbons (Fsp3) is 0.619. The van der Waals surface area contributed by atoms with Gasteiger partial charge < -0.3 is 25.4 Å². The molecular formula is C21H34N4O3. The Balaban J connectivity index is 1.55. The van der Waals surface area contributed by atoms with Crippen LogP contribution in [-0.2, 0) is 9.53 Å². The molecule has 7 nitrogen and oxygen atoms in total. The number of benzene rings is 1. The average Bonchev–Trinajstić information content (AvgIpc) is 2.70. The summed E-state index contributed by atoms with van der Waals surface area (Å²) in [6.07, 6.45) is 7.82. The van der Waals surface area contributed by atoms with E-state index in [1.807, 2.05) is 18.2 Å². The van der Waals surface area contributed by atoms with E-state index in [-0.39, 0.29) is 5.91 Å². The Morgan fingerprint density at radius 2 is 1.93 bits per heavy atom. The number of anilines is 1. The quantitative estimate of drug-likeness (QED) is 0.325. The molecule has 0 heterocycles. The Labute approximate surface area is 168 Å². The maximum Gasteiger partial charge on any atom is 0.221 e. The first-order valence-electron chi connectivity index (χ1n) is 10.2. The van der Waals surface area contributed by atoms with Crippen molar-refractivity contribution in [1.82, 2.24) is 10.6 Å². The van der Waals surface area contributed by atoms with E-state index in [9.17, 15) is 4.79 Å². The molecule has 1 aromatic carbocycles. The van der Waals surface area contributed by atoms with Gasteiger partial charge in [0.25, 0.3) is 0 Å². The highest BCUT2D eigenvalue weighted by molar-refractivity contribution is 5.88. The SMILES string of the molecule is CN=C(NCCCOC1CCCCC1)NCCOc1cccc(NC(C)=O)c1. The second kappa shape index (κ2) is 13.0. The summed E-state index contributed by atoms with van der Waals surface area (Å²) in [5.41, 5.74) is 0.728. The monoisotopic (exact) mass is 390 g/mol. The number of hydrogen-bond acceptors (Lipinski definition) is 4. The van der Waals surface area contributed by atoms with E-state index in [0.29, 0.717) is 19.3 Å². The van der Waals surface area contributed by atoms with Crippen molar-refractivity contribution in [3.63, 3.8) is 0 Å². The number of carbonyl (C=O) groups excluding carboxylic acids is 1. The van der Waals surface area contributed by atoms with E-state index in [4.69, 9.17) is 9.47 Å². The van der Waals surface area contributed by atoms with Gasteiger partial charge in [-0.15, -0.1) is 0 Å². The topological polar surface area (TPSA) is 84.0 Å². The maximum atomic E-state index is 11.1. The zero-order valence-electron chi connectivity index (χ0n) is 17.1. The van der Waals surface area contributed by atoms with Crippen LogP contribution in [0.4, 0.5) is 5.69 Å². The highest BCUT2D eigenvalue weighted by Crippen LogP contribution is 2.20. The van der Waals surface area contributed by atoms with Gasteiger partial charge in [0.1, 0.15) is 12.4 Å². The van der Waals surface area contributed by atoms with Gasteiger partial charge in [-0.05, 0) is 31.4 Å². The van der Waals surface area contributed by atoms with Gasteiger partial charge in [0.2, 0.25) is 5.91 Å². The number of hydrogen-bond donors (Lipinski definition) is 3. The lowest BCUT2D eigenvalue weighted by Gasteiger charge is -2.22. The molecule has 3 N–H and O–H groups in total. The van der Waals surface area contributed by atoms with Crippen LogP contribution < -0.4 is 20.7 Å². The third-order valence-corrected chi connectivity index (χ3v) is 4.56. The van der Waals surface area contributed by atoms with Gasteiger partial charge in [0.15, 0.2) is 5.96 Å². The molecule has 0 atom stereocenters. The molecule has 1 amide bonds. The highest BCUT2D eigenvalue weighted by atomic mass is 16.5. The van der Waals surface area contributed by atoms with E-state index in [1.165, 1.54) is 39.0 Å². The van der Waals surface area contributed by atoms with Gasteiger partial charge in [-0.2, -0.15) is 0 Å². The fourth-order valence-corrected chi connectivity index (χ4v) is 3.19. The van der Waals surface area contributed by atoms with Crippen LogP contribution in [0.1, 0.15) is 45.4 Å². The van der Waals surface area contributed by atoms with Crippen LogP contribution in [0, 0.1) is 0 Å². The maximum absolute atomic E-state index is 11.1. The summed E-state index contributed by atoms with van der Waals surface area (Å²) >= 11 is 0. The Hall–Kier alpha value is -2.28. The molecule has 0 radical (unpaired) electrons. The molecule has 0 saturated heterocycles. The first kappa shape index (κ1) is 22.0. The third kappa shape index (κ3) is 9.08. The van der Waals surface area contributed by atoms with Crippen LogP contribution in [0.15, 0.2) is 29.3 Å². The molecule has 1 aliphatic carbocycles. The molecule has 156 valence electrons. The largest absolute Gasteiger partial charge is 0.492 e. The van der Waals surface area contributed by atoms with Gasteiger partial charge in [-0.25, -0.2) is 0 Å². The minimum Gasteiger partial charge on any atom is -0.492 e. The molecule has 1 aromatic rings. The smallest absolute Gasteiger partial charge is 0.221 e. The van der Waals surface area contributed by atoms with Crippen molar-refractivity contribution < 1.29 is 14.3 Å². The van der Waals surface area contributed by atoms with Gasteiger partial charge in [-0.3, -0.25) is 9.79 Å². The molecule has 1 fully saturated rings. The Kier molecular flexibility index (Phi) is 10.2. The minimum absolute atomic E-state index is 0.0992. The van der Waals surface area contributed by atoms with Crippen molar-refractivity contribution in [2.24, 2.45) is 4.99 Å². The number of carbonyl (C=O) groups is 1. The standard InChI is InChI=1S/C21H34N4O3/c1-17(26)25-18-8-6-11-20(16-18)28-15-13-24-21(22-2)23-12-7-14-27-19-9-4-3-5-10-19/h6,8,11,16,19H,3-5,7,9-10,12-15H2,1-2H3,(H,25,26)(H2,22,23,24). The summed E-state index contributed by atoms with van der Waals surface area (Å²) < 4.78 is 11.6. The molecule has 7 heteroatoms. The van der Waals surface area contributed by atoms with Crippen molar-refractivity contribution in [3.8, 4) is 5.75 Å². The summed E-state index contributed by atoms with van der Waals surface area (Å²) in [4.78, 5) is 15.3.